The second-order valence-electron chi connectivity index (χ2n) is 6.24. The number of aromatic nitrogens is 2. The van der Waals surface area contributed by atoms with Gasteiger partial charge in [0, 0.05) is 17.8 Å². The lowest BCUT2D eigenvalue weighted by atomic mass is 10.2. The van der Waals surface area contributed by atoms with Crippen LogP contribution in [0.15, 0.2) is 83.5 Å². The van der Waals surface area contributed by atoms with Crippen LogP contribution in [0.4, 0.5) is 17.3 Å². The van der Waals surface area contributed by atoms with E-state index in [1.54, 1.807) is 43.5 Å². The van der Waals surface area contributed by atoms with Crippen LogP contribution in [-0.4, -0.2) is 16.0 Å². The highest BCUT2D eigenvalue weighted by molar-refractivity contribution is 6.05. The van der Waals surface area contributed by atoms with Crippen LogP contribution in [0, 0.1) is 6.92 Å². The van der Waals surface area contributed by atoms with E-state index < -0.39 is 0 Å². The molecule has 7 nitrogen and oxygen atoms in total. The molecule has 0 bridgehead atoms. The van der Waals surface area contributed by atoms with Crippen molar-refractivity contribution in [2.24, 2.45) is 0 Å². The van der Waals surface area contributed by atoms with Crippen molar-refractivity contribution in [2.45, 2.75) is 6.92 Å². The van der Waals surface area contributed by atoms with E-state index in [1.807, 2.05) is 42.5 Å². The quantitative estimate of drug-likeness (QED) is 0.475. The molecule has 0 radical (unpaired) electrons. The van der Waals surface area contributed by atoms with E-state index in [0.717, 1.165) is 0 Å². The van der Waals surface area contributed by atoms with Crippen LogP contribution in [0.3, 0.4) is 0 Å². The monoisotopic (exact) mass is 386 g/mol. The molecule has 4 aromatic rings. The average molecular weight is 386 g/mol. The SMILES string of the molecule is Cc1cc(Nc2cc(C(=O)Nc3ccccc3Oc3ccccc3)ccn2)no1. The van der Waals surface area contributed by atoms with Gasteiger partial charge in [0.05, 0.1) is 5.69 Å². The minimum atomic E-state index is -0.282. The fourth-order valence-electron chi connectivity index (χ4n) is 2.67. The van der Waals surface area contributed by atoms with Gasteiger partial charge in [-0.1, -0.05) is 35.5 Å². The topological polar surface area (TPSA) is 89.3 Å². The third kappa shape index (κ3) is 4.59. The van der Waals surface area contributed by atoms with Gasteiger partial charge in [-0.25, -0.2) is 4.98 Å². The molecule has 7 heteroatoms. The maximum atomic E-state index is 12.8. The summed E-state index contributed by atoms with van der Waals surface area (Å²) in [5.74, 6) is 2.64. The molecule has 0 aliphatic heterocycles. The number of ether oxygens (including phenoxy) is 1. The lowest BCUT2D eigenvalue weighted by molar-refractivity contribution is 0.102. The fourth-order valence-corrected chi connectivity index (χ4v) is 2.67. The molecule has 2 heterocycles. The summed E-state index contributed by atoms with van der Waals surface area (Å²) in [4.78, 5) is 17.0. The van der Waals surface area contributed by atoms with Gasteiger partial charge in [0.1, 0.15) is 17.3 Å². The summed E-state index contributed by atoms with van der Waals surface area (Å²) >= 11 is 0. The predicted octanol–water partition coefficient (Wildman–Crippen LogP) is 5.17. The maximum Gasteiger partial charge on any atom is 0.255 e. The second kappa shape index (κ2) is 8.26. The number of nitrogens with zero attached hydrogens (tertiary/aromatic N) is 2. The molecular weight excluding hydrogens is 368 g/mol. The number of rotatable bonds is 6. The molecule has 2 aromatic carbocycles. The van der Waals surface area contributed by atoms with Gasteiger partial charge in [0.15, 0.2) is 11.6 Å². The number of carbonyl (C=O) groups is 1. The number of pyridine rings is 1. The summed E-state index contributed by atoms with van der Waals surface area (Å²) in [5.41, 5.74) is 1.01. The Morgan fingerprint density at radius 1 is 0.966 bits per heavy atom. The van der Waals surface area contributed by atoms with Crippen LogP contribution in [0.25, 0.3) is 0 Å². The van der Waals surface area contributed by atoms with Crippen molar-refractivity contribution >= 4 is 23.2 Å². The van der Waals surface area contributed by atoms with Crippen LogP contribution in [0.2, 0.25) is 0 Å². The molecule has 0 aliphatic carbocycles. The molecule has 0 aliphatic rings. The zero-order chi connectivity index (χ0) is 20.1. The summed E-state index contributed by atoms with van der Waals surface area (Å²) in [6.07, 6.45) is 1.55. The normalized spacial score (nSPS) is 10.4. The van der Waals surface area contributed by atoms with Gasteiger partial charge >= 0.3 is 0 Å². The number of amides is 1. The number of aryl methyl sites for hydroxylation is 1. The van der Waals surface area contributed by atoms with E-state index in [2.05, 4.69) is 20.8 Å². The van der Waals surface area contributed by atoms with Gasteiger partial charge in [-0.05, 0) is 43.3 Å². The van der Waals surface area contributed by atoms with E-state index in [4.69, 9.17) is 9.26 Å². The Hall–Kier alpha value is -4.13. The number of benzene rings is 2. The van der Waals surface area contributed by atoms with E-state index in [-0.39, 0.29) is 5.91 Å². The van der Waals surface area contributed by atoms with Crippen molar-refractivity contribution in [2.75, 3.05) is 10.6 Å². The number of hydrogen-bond donors (Lipinski definition) is 2. The van der Waals surface area contributed by atoms with Gasteiger partial charge in [0.25, 0.3) is 5.91 Å². The molecule has 144 valence electrons. The second-order valence-corrected chi connectivity index (χ2v) is 6.24. The Morgan fingerprint density at radius 3 is 2.55 bits per heavy atom. The Bertz CT molecular complexity index is 1130. The third-order valence-electron chi connectivity index (χ3n) is 4.01. The first kappa shape index (κ1) is 18.2. The lowest BCUT2D eigenvalue weighted by Crippen LogP contribution is -2.13. The average Bonchev–Trinajstić information content (AvgIpc) is 3.15. The van der Waals surface area contributed by atoms with Crippen LogP contribution >= 0.6 is 0 Å². The largest absolute Gasteiger partial charge is 0.455 e. The van der Waals surface area contributed by atoms with E-state index in [0.29, 0.717) is 40.1 Å². The van der Waals surface area contributed by atoms with Crippen molar-refractivity contribution in [3.63, 3.8) is 0 Å². The van der Waals surface area contributed by atoms with Crippen molar-refractivity contribution in [3.05, 3.63) is 90.3 Å². The highest BCUT2D eigenvalue weighted by atomic mass is 16.5. The summed E-state index contributed by atoms with van der Waals surface area (Å²) in [6.45, 7) is 1.80. The first-order chi connectivity index (χ1) is 14.2. The molecule has 1 amide bonds. The molecule has 2 aromatic heterocycles. The zero-order valence-electron chi connectivity index (χ0n) is 15.6. The predicted molar refractivity (Wildman–Crippen MR) is 110 cm³/mol. The highest BCUT2D eigenvalue weighted by Crippen LogP contribution is 2.29. The molecule has 0 fully saturated rings. The summed E-state index contributed by atoms with van der Waals surface area (Å²) in [6, 6.07) is 21.7. The van der Waals surface area contributed by atoms with Gasteiger partial charge in [-0.3, -0.25) is 4.79 Å². The van der Waals surface area contributed by atoms with Crippen molar-refractivity contribution < 1.29 is 14.1 Å². The first-order valence-electron chi connectivity index (χ1n) is 8.97. The Kier molecular flexibility index (Phi) is 5.20. The minimum Gasteiger partial charge on any atom is -0.455 e. The van der Waals surface area contributed by atoms with Crippen molar-refractivity contribution in [3.8, 4) is 11.5 Å². The van der Waals surface area contributed by atoms with Gasteiger partial charge in [0.2, 0.25) is 0 Å². The summed E-state index contributed by atoms with van der Waals surface area (Å²) in [5, 5.41) is 9.76. The Labute approximate surface area is 167 Å². The standard InChI is InChI=1S/C22H18N4O3/c1-15-13-21(26-29-15)25-20-14-16(11-12-23-20)22(27)24-18-9-5-6-10-19(18)28-17-7-3-2-4-8-17/h2-14H,1H3,(H,24,27)(H,23,25,26). The Morgan fingerprint density at radius 2 is 1.76 bits per heavy atom. The van der Waals surface area contributed by atoms with E-state index in [1.165, 1.54) is 0 Å². The van der Waals surface area contributed by atoms with Crippen LogP contribution in [-0.2, 0) is 0 Å². The molecule has 0 atom stereocenters. The maximum absolute atomic E-state index is 12.8. The van der Waals surface area contributed by atoms with Crippen molar-refractivity contribution in [1.82, 2.24) is 10.1 Å². The third-order valence-corrected chi connectivity index (χ3v) is 4.01. The molecule has 0 unspecified atom stereocenters. The van der Waals surface area contributed by atoms with E-state index in [9.17, 15) is 4.79 Å². The van der Waals surface area contributed by atoms with E-state index >= 15 is 0 Å². The van der Waals surface area contributed by atoms with Crippen LogP contribution in [0.1, 0.15) is 16.1 Å². The number of carbonyl (C=O) groups excluding carboxylic acids is 1. The van der Waals surface area contributed by atoms with Gasteiger partial charge in [-0.15, -0.1) is 0 Å². The minimum absolute atomic E-state index is 0.282. The van der Waals surface area contributed by atoms with Crippen LogP contribution < -0.4 is 15.4 Å². The molecule has 0 saturated carbocycles. The fraction of sp³-hybridized carbons (Fsp3) is 0.0455. The molecule has 0 spiro atoms. The van der Waals surface area contributed by atoms with Crippen LogP contribution in [0.5, 0.6) is 11.5 Å². The van der Waals surface area contributed by atoms with Gasteiger partial charge < -0.3 is 19.9 Å². The highest BCUT2D eigenvalue weighted by Gasteiger charge is 2.12. The number of nitrogens with one attached hydrogen (secondary N) is 2. The molecule has 2 N–H and O–H groups in total. The van der Waals surface area contributed by atoms with Crippen molar-refractivity contribution in [1.29, 1.82) is 0 Å². The smallest absolute Gasteiger partial charge is 0.255 e. The summed E-state index contributed by atoms with van der Waals surface area (Å²) in [7, 11) is 0. The number of anilines is 3. The number of para-hydroxylation sites is 3. The molecule has 29 heavy (non-hydrogen) atoms. The zero-order valence-corrected chi connectivity index (χ0v) is 15.6. The number of hydrogen-bond acceptors (Lipinski definition) is 6. The molecule has 4 rings (SSSR count). The Balaban J connectivity index is 1.50. The summed E-state index contributed by atoms with van der Waals surface area (Å²) < 4.78 is 10.9. The molecule has 0 saturated heterocycles. The first-order valence-corrected chi connectivity index (χ1v) is 8.97. The molecular formula is C22H18N4O3. The van der Waals surface area contributed by atoms with Gasteiger partial charge in [-0.2, -0.15) is 0 Å². The lowest BCUT2D eigenvalue weighted by Gasteiger charge is -2.12.